The van der Waals surface area contributed by atoms with E-state index in [0.717, 1.165) is 12.1 Å². The molecule has 0 aliphatic carbocycles. The lowest BCUT2D eigenvalue weighted by atomic mass is 10.1. The summed E-state index contributed by atoms with van der Waals surface area (Å²) in [5.41, 5.74) is 1.43. The number of carbonyl (C=O) groups excluding carboxylic acids is 1. The molecule has 2 aromatic carbocycles. The third-order valence-corrected chi connectivity index (χ3v) is 3.87. The molecule has 0 spiro atoms. The Morgan fingerprint density at radius 2 is 1.74 bits per heavy atom. The standard InChI is InChI=1S/C19H16F3N3O2/c1-11(26)24-16-8-7-14-15(9-10-23-17(14)18(16)27-2)25-13-5-3-12(4-6-13)19(20,21)22/h3-10H,1-2H3,(H,23,25)(H,24,26). The highest BCUT2D eigenvalue weighted by Crippen LogP contribution is 2.36. The summed E-state index contributed by atoms with van der Waals surface area (Å²) in [6, 6.07) is 9.89. The monoisotopic (exact) mass is 375 g/mol. The highest BCUT2D eigenvalue weighted by atomic mass is 19.4. The fourth-order valence-electron chi connectivity index (χ4n) is 2.69. The first-order chi connectivity index (χ1) is 12.8. The number of fused-ring (bicyclic) bond motifs is 1. The molecule has 3 rings (SSSR count). The van der Waals surface area contributed by atoms with E-state index in [1.165, 1.54) is 26.2 Å². The van der Waals surface area contributed by atoms with Crippen molar-refractivity contribution in [2.75, 3.05) is 17.7 Å². The molecule has 8 heteroatoms. The second-order valence-corrected chi connectivity index (χ2v) is 5.78. The molecule has 1 aromatic heterocycles. The van der Waals surface area contributed by atoms with E-state index < -0.39 is 11.7 Å². The van der Waals surface area contributed by atoms with E-state index in [0.29, 0.717) is 33.7 Å². The Labute approximate surface area is 153 Å². The van der Waals surface area contributed by atoms with Gasteiger partial charge in [-0.25, -0.2) is 0 Å². The first-order valence-electron chi connectivity index (χ1n) is 7.97. The highest BCUT2D eigenvalue weighted by molar-refractivity contribution is 6.02. The molecule has 0 radical (unpaired) electrons. The molecule has 27 heavy (non-hydrogen) atoms. The van der Waals surface area contributed by atoms with Gasteiger partial charge in [-0.1, -0.05) is 0 Å². The average molecular weight is 375 g/mol. The van der Waals surface area contributed by atoms with Crippen molar-refractivity contribution in [2.45, 2.75) is 13.1 Å². The van der Waals surface area contributed by atoms with Crippen LogP contribution in [0.2, 0.25) is 0 Å². The Kier molecular flexibility index (Phi) is 4.89. The number of amides is 1. The Bertz CT molecular complexity index is 986. The number of benzene rings is 2. The van der Waals surface area contributed by atoms with Crippen LogP contribution in [0.3, 0.4) is 0 Å². The third kappa shape index (κ3) is 3.94. The van der Waals surface area contributed by atoms with Crippen LogP contribution < -0.4 is 15.4 Å². The molecule has 0 fully saturated rings. The van der Waals surface area contributed by atoms with Gasteiger partial charge in [0.05, 0.1) is 18.4 Å². The van der Waals surface area contributed by atoms with E-state index in [1.54, 1.807) is 24.4 Å². The lowest BCUT2D eigenvalue weighted by molar-refractivity contribution is -0.137. The molecule has 1 amide bonds. The maximum Gasteiger partial charge on any atom is 0.416 e. The summed E-state index contributed by atoms with van der Waals surface area (Å²) in [7, 11) is 1.47. The summed E-state index contributed by atoms with van der Waals surface area (Å²) in [5.74, 6) is 0.158. The molecule has 0 atom stereocenters. The number of anilines is 3. The number of halogens is 3. The van der Waals surface area contributed by atoms with Crippen LogP contribution in [0.4, 0.5) is 30.2 Å². The molecule has 5 nitrogen and oxygen atoms in total. The zero-order valence-corrected chi connectivity index (χ0v) is 14.5. The molecular formula is C19H16F3N3O2. The average Bonchev–Trinajstić information content (AvgIpc) is 2.61. The number of ether oxygens (including phenoxy) is 1. The van der Waals surface area contributed by atoms with E-state index in [1.807, 2.05) is 0 Å². The number of pyridine rings is 1. The molecule has 0 bridgehead atoms. The van der Waals surface area contributed by atoms with Gasteiger partial charge in [0.2, 0.25) is 5.91 Å². The van der Waals surface area contributed by atoms with Gasteiger partial charge in [-0.2, -0.15) is 13.2 Å². The van der Waals surface area contributed by atoms with Gasteiger partial charge in [-0.3, -0.25) is 9.78 Å². The Balaban J connectivity index is 1.99. The first-order valence-corrected chi connectivity index (χ1v) is 7.97. The van der Waals surface area contributed by atoms with Crippen molar-refractivity contribution in [3.8, 4) is 5.75 Å². The van der Waals surface area contributed by atoms with E-state index in [2.05, 4.69) is 15.6 Å². The van der Waals surface area contributed by atoms with Crippen LogP contribution in [-0.4, -0.2) is 18.0 Å². The highest BCUT2D eigenvalue weighted by Gasteiger charge is 2.29. The third-order valence-electron chi connectivity index (χ3n) is 3.87. The molecule has 0 saturated carbocycles. The molecule has 1 heterocycles. The predicted molar refractivity (Wildman–Crippen MR) is 97.3 cm³/mol. The van der Waals surface area contributed by atoms with Crippen LogP contribution in [0, 0.1) is 0 Å². The van der Waals surface area contributed by atoms with Gasteiger partial charge in [0.15, 0.2) is 5.75 Å². The molecule has 0 aliphatic rings. The summed E-state index contributed by atoms with van der Waals surface area (Å²) in [6.07, 6.45) is -2.83. The SMILES string of the molecule is COc1c(NC(C)=O)ccc2c(Nc3ccc(C(F)(F)F)cc3)ccnc12. The minimum atomic E-state index is -4.38. The molecule has 140 valence electrons. The zero-order valence-electron chi connectivity index (χ0n) is 14.5. The number of hydrogen-bond acceptors (Lipinski definition) is 4. The number of methoxy groups -OCH3 is 1. The summed E-state index contributed by atoms with van der Waals surface area (Å²) < 4.78 is 43.5. The first kappa shape index (κ1) is 18.5. The van der Waals surface area contributed by atoms with Gasteiger partial charge in [0, 0.05) is 29.9 Å². The van der Waals surface area contributed by atoms with E-state index in [9.17, 15) is 18.0 Å². The van der Waals surface area contributed by atoms with Crippen molar-refractivity contribution in [3.05, 3.63) is 54.2 Å². The van der Waals surface area contributed by atoms with Crippen molar-refractivity contribution in [1.29, 1.82) is 0 Å². The van der Waals surface area contributed by atoms with Crippen LogP contribution in [0.15, 0.2) is 48.7 Å². The molecule has 3 aromatic rings. The quantitative estimate of drug-likeness (QED) is 0.676. The molecule has 2 N–H and O–H groups in total. The fraction of sp³-hybridized carbons (Fsp3) is 0.158. The summed E-state index contributed by atoms with van der Waals surface area (Å²) in [6.45, 7) is 1.39. The van der Waals surface area contributed by atoms with Crippen LogP contribution in [0.1, 0.15) is 12.5 Å². The summed E-state index contributed by atoms with van der Waals surface area (Å²) in [4.78, 5) is 15.6. The van der Waals surface area contributed by atoms with Crippen molar-refractivity contribution < 1.29 is 22.7 Å². The van der Waals surface area contributed by atoms with Gasteiger partial charge in [0.25, 0.3) is 0 Å². The van der Waals surface area contributed by atoms with Crippen molar-refractivity contribution in [3.63, 3.8) is 0 Å². The Morgan fingerprint density at radius 1 is 1.04 bits per heavy atom. The van der Waals surface area contributed by atoms with Crippen LogP contribution in [0.5, 0.6) is 5.75 Å². The van der Waals surface area contributed by atoms with E-state index in [-0.39, 0.29) is 5.91 Å². The normalized spacial score (nSPS) is 11.3. The summed E-state index contributed by atoms with van der Waals surface area (Å²) >= 11 is 0. The van der Waals surface area contributed by atoms with Crippen LogP contribution in [0.25, 0.3) is 10.9 Å². The molecule has 0 saturated heterocycles. The number of nitrogens with zero attached hydrogens (tertiary/aromatic N) is 1. The predicted octanol–water partition coefficient (Wildman–Crippen LogP) is 4.96. The number of alkyl halides is 3. The van der Waals surface area contributed by atoms with Gasteiger partial charge >= 0.3 is 6.18 Å². The topological polar surface area (TPSA) is 63.2 Å². The van der Waals surface area contributed by atoms with Crippen molar-refractivity contribution in [2.24, 2.45) is 0 Å². The van der Waals surface area contributed by atoms with Gasteiger partial charge in [-0.15, -0.1) is 0 Å². The molecule has 0 unspecified atom stereocenters. The Morgan fingerprint density at radius 3 is 2.33 bits per heavy atom. The number of carbonyl (C=O) groups is 1. The van der Waals surface area contributed by atoms with Gasteiger partial charge in [-0.05, 0) is 42.5 Å². The summed E-state index contributed by atoms with van der Waals surface area (Å²) in [5, 5.41) is 6.46. The zero-order chi connectivity index (χ0) is 19.6. The van der Waals surface area contributed by atoms with Crippen molar-refractivity contribution >= 4 is 33.9 Å². The Hall–Kier alpha value is -3.29. The van der Waals surface area contributed by atoms with Crippen molar-refractivity contribution in [1.82, 2.24) is 4.98 Å². The van der Waals surface area contributed by atoms with Gasteiger partial charge < -0.3 is 15.4 Å². The van der Waals surface area contributed by atoms with Gasteiger partial charge in [0.1, 0.15) is 5.52 Å². The maximum atomic E-state index is 12.7. The lowest BCUT2D eigenvalue weighted by Gasteiger charge is -2.15. The number of aromatic nitrogens is 1. The number of nitrogens with one attached hydrogen (secondary N) is 2. The largest absolute Gasteiger partial charge is 0.492 e. The molecule has 0 aliphatic heterocycles. The maximum absolute atomic E-state index is 12.7. The minimum Gasteiger partial charge on any atom is -0.492 e. The lowest BCUT2D eigenvalue weighted by Crippen LogP contribution is -2.07. The van der Waals surface area contributed by atoms with Crippen LogP contribution >= 0.6 is 0 Å². The van der Waals surface area contributed by atoms with E-state index in [4.69, 9.17) is 4.74 Å². The van der Waals surface area contributed by atoms with E-state index >= 15 is 0 Å². The fourth-order valence-corrected chi connectivity index (χ4v) is 2.69. The minimum absolute atomic E-state index is 0.244. The second kappa shape index (κ2) is 7.14. The number of rotatable bonds is 4. The smallest absolute Gasteiger partial charge is 0.416 e. The van der Waals surface area contributed by atoms with Crippen LogP contribution in [-0.2, 0) is 11.0 Å². The molecular weight excluding hydrogens is 359 g/mol. The second-order valence-electron chi connectivity index (χ2n) is 5.78. The number of hydrogen-bond donors (Lipinski definition) is 2.